The van der Waals surface area contributed by atoms with Gasteiger partial charge >= 0.3 is 0 Å². The number of benzene rings is 2. The minimum atomic E-state index is 1.07. The fourth-order valence-electron chi connectivity index (χ4n) is 2.96. The molecule has 1 aromatic heterocycles. The first-order chi connectivity index (χ1) is 9.95. The summed E-state index contributed by atoms with van der Waals surface area (Å²) in [6.45, 7) is 10.8. The van der Waals surface area contributed by atoms with Crippen LogP contribution < -0.4 is 0 Å². The summed E-state index contributed by atoms with van der Waals surface area (Å²) in [5, 5.41) is 1.22. The topological polar surface area (TPSA) is 12.9 Å². The molecule has 3 aromatic rings. The fourth-order valence-corrected chi connectivity index (χ4v) is 2.96. The van der Waals surface area contributed by atoms with Crippen molar-refractivity contribution < 1.29 is 0 Å². The Hall–Kier alpha value is -2.15. The van der Waals surface area contributed by atoms with E-state index in [1.54, 1.807) is 0 Å². The molecule has 0 aliphatic heterocycles. The molecule has 1 heteroatoms. The van der Waals surface area contributed by atoms with Crippen LogP contribution in [-0.2, 0) is 0 Å². The van der Waals surface area contributed by atoms with Crippen molar-refractivity contribution >= 4 is 10.9 Å². The quantitative estimate of drug-likeness (QED) is 0.576. The van der Waals surface area contributed by atoms with Crippen LogP contribution in [0.2, 0.25) is 0 Å². The molecule has 106 valence electrons. The number of nitrogens with zero attached hydrogens (tertiary/aromatic N) is 1. The van der Waals surface area contributed by atoms with Crippen LogP contribution in [0.4, 0.5) is 0 Å². The molecule has 0 amide bonds. The van der Waals surface area contributed by atoms with Gasteiger partial charge in [0.1, 0.15) is 0 Å². The summed E-state index contributed by atoms with van der Waals surface area (Å²) in [6.07, 6.45) is 0. The Morgan fingerprint density at radius 1 is 0.714 bits per heavy atom. The average Bonchev–Trinajstić information content (AvgIpc) is 2.42. The lowest BCUT2D eigenvalue weighted by atomic mass is 9.95. The van der Waals surface area contributed by atoms with E-state index in [1.807, 2.05) is 0 Å². The minimum absolute atomic E-state index is 1.07. The predicted octanol–water partition coefficient (Wildman–Crippen LogP) is 5.44. The van der Waals surface area contributed by atoms with Crippen molar-refractivity contribution in [2.45, 2.75) is 34.6 Å². The highest BCUT2D eigenvalue weighted by molar-refractivity contribution is 5.84. The monoisotopic (exact) mass is 275 g/mol. The number of hydrogen-bond acceptors (Lipinski definition) is 1. The molecule has 0 atom stereocenters. The molecular formula is C20H21N. The van der Waals surface area contributed by atoms with Gasteiger partial charge < -0.3 is 0 Å². The molecule has 0 fully saturated rings. The smallest absolute Gasteiger partial charge is 0.0741 e. The number of pyridine rings is 1. The summed E-state index contributed by atoms with van der Waals surface area (Å²) in [5.74, 6) is 0. The second kappa shape index (κ2) is 5.00. The van der Waals surface area contributed by atoms with Crippen molar-refractivity contribution in [1.82, 2.24) is 4.98 Å². The van der Waals surface area contributed by atoms with Gasteiger partial charge in [-0.2, -0.15) is 0 Å². The van der Waals surface area contributed by atoms with Gasteiger partial charge in [0.25, 0.3) is 0 Å². The fraction of sp³-hybridized carbons (Fsp3) is 0.250. The van der Waals surface area contributed by atoms with Crippen LogP contribution >= 0.6 is 0 Å². The second-order valence-electron chi connectivity index (χ2n) is 6.10. The van der Waals surface area contributed by atoms with Crippen LogP contribution in [-0.4, -0.2) is 4.98 Å². The molecule has 0 saturated carbocycles. The van der Waals surface area contributed by atoms with Crippen LogP contribution in [0.25, 0.3) is 22.2 Å². The first-order valence-corrected chi connectivity index (χ1v) is 7.42. The van der Waals surface area contributed by atoms with E-state index in [0.717, 1.165) is 11.2 Å². The summed E-state index contributed by atoms with van der Waals surface area (Å²) in [7, 11) is 0. The molecule has 1 heterocycles. The third-order valence-electron chi connectivity index (χ3n) is 4.23. The predicted molar refractivity (Wildman–Crippen MR) is 90.9 cm³/mol. The highest BCUT2D eigenvalue weighted by Crippen LogP contribution is 2.30. The first-order valence-electron chi connectivity index (χ1n) is 7.42. The minimum Gasteiger partial charge on any atom is -0.248 e. The molecule has 0 bridgehead atoms. The van der Waals surface area contributed by atoms with Gasteiger partial charge in [-0.25, -0.2) is 4.98 Å². The van der Waals surface area contributed by atoms with Crippen molar-refractivity contribution in [2.24, 2.45) is 0 Å². The molecule has 21 heavy (non-hydrogen) atoms. The van der Waals surface area contributed by atoms with Gasteiger partial charge in [0.15, 0.2) is 0 Å². The molecule has 0 saturated heterocycles. The summed E-state index contributed by atoms with van der Waals surface area (Å²) in [4.78, 5) is 4.93. The van der Waals surface area contributed by atoms with E-state index < -0.39 is 0 Å². The van der Waals surface area contributed by atoms with Gasteiger partial charge in [0, 0.05) is 10.9 Å². The maximum absolute atomic E-state index is 4.93. The Bertz CT molecular complexity index is 844. The van der Waals surface area contributed by atoms with Gasteiger partial charge in [-0.1, -0.05) is 23.3 Å². The summed E-state index contributed by atoms with van der Waals surface area (Å²) in [5.41, 5.74) is 9.89. The van der Waals surface area contributed by atoms with Crippen LogP contribution in [0.1, 0.15) is 27.8 Å². The number of fused-ring (bicyclic) bond motifs is 1. The zero-order valence-electron chi connectivity index (χ0n) is 13.4. The van der Waals surface area contributed by atoms with E-state index in [2.05, 4.69) is 71.0 Å². The standard InChI is InChI=1S/C20H21N/c1-12-6-7-19-17(9-12)11-15(4)20(21-19)18-10-13(2)8-14(3)16(18)5/h6-11H,1-5H3. The highest BCUT2D eigenvalue weighted by Gasteiger charge is 2.11. The van der Waals surface area contributed by atoms with E-state index in [-0.39, 0.29) is 0 Å². The SMILES string of the molecule is Cc1cc(C)c(C)c(-c2nc3ccc(C)cc3cc2C)c1. The van der Waals surface area contributed by atoms with Gasteiger partial charge in [0.2, 0.25) is 0 Å². The highest BCUT2D eigenvalue weighted by atomic mass is 14.7. The normalized spacial score (nSPS) is 11.1. The van der Waals surface area contributed by atoms with E-state index in [4.69, 9.17) is 4.98 Å². The second-order valence-corrected chi connectivity index (χ2v) is 6.10. The van der Waals surface area contributed by atoms with Gasteiger partial charge in [-0.05, 0) is 75.6 Å². The number of aryl methyl sites for hydroxylation is 4. The van der Waals surface area contributed by atoms with Crippen LogP contribution in [0.3, 0.4) is 0 Å². The Morgan fingerprint density at radius 2 is 1.48 bits per heavy atom. The molecule has 0 N–H and O–H groups in total. The molecule has 0 aliphatic rings. The van der Waals surface area contributed by atoms with E-state index >= 15 is 0 Å². The van der Waals surface area contributed by atoms with Gasteiger partial charge in [-0.3, -0.25) is 0 Å². The van der Waals surface area contributed by atoms with Crippen molar-refractivity contribution in [3.05, 3.63) is 64.2 Å². The molecule has 0 aliphatic carbocycles. The van der Waals surface area contributed by atoms with Crippen molar-refractivity contribution in [3.63, 3.8) is 0 Å². The number of hydrogen-bond donors (Lipinski definition) is 0. The van der Waals surface area contributed by atoms with Crippen molar-refractivity contribution in [3.8, 4) is 11.3 Å². The lowest BCUT2D eigenvalue weighted by Crippen LogP contribution is -1.95. The Kier molecular flexibility index (Phi) is 3.29. The average molecular weight is 275 g/mol. The van der Waals surface area contributed by atoms with Crippen molar-refractivity contribution in [1.29, 1.82) is 0 Å². The maximum Gasteiger partial charge on any atom is 0.0741 e. The van der Waals surface area contributed by atoms with Crippen LogP contribution in [0.15, 0.2) is 36.4 Å². The summed E-state index contributed by atoms with van der Waals surface area (Å²) >= 11 is 0. The molecule has 1 nitrogen and oxygen atoms in total. The molecule has 2 aromatic carbocycles. The van der Waals surface area contributed by atoms with Gasteiger partial charge in [0.05, 0.1) is 11.2 Å². The van der Waals surface area contributed by atoms with E-state index in [0.29, 0.717) is 0 Å². The molecule has 0 radical (unpaired) electrons. The Morgan fingerprint density at radius 3 is 2.24 bits per heavy atom. The Labute approximate surface area is 126 Å². The molecular weight excluding hydrogens is 254 g/mol. The number of rotatable bonds is 1. The third-order valence-corrected chi connectivity index (χ3v) is 4.23. The van der Waals surface area contributed by atoms with E-state index in [1.165, 1.54) is 38.8 Å². The van der Waals surface area contributed by atoms with Gasteiger partial charge in [-0.15, -0.1) is 0 Å². The summed E-state index contributed by atoms with van der Waals surface area (Å²) < 4.78 is 0. The number of aromatic nitrogens is 1. The first kappa shape index (κ1) is 13.8. The zero-order chi connectivity index (χ0) is 15.1. The molecule has 0 spiro atoms. The zero-order valence-corrected chi connectivity index (χ0v) is 13.4. The Balaban J connectivity index is 2.30. The summed E-state index contributed by atoms with van der Waals surface area (Å²) in [6, 6.07) is 13.2. The third kappa shape index (κ3) is 2.44. The largest absolute Gasteiger partial charge is 0.248 e. The molecule has 0 unspecified atom stereocenters. The lowest BCUT2D eigenvalue weighted by molar-refractivity contribution is 1.25. The maximum atomic E-state index is 4.93. The molecule has 3 rings (SSSR count). The van der Waals surface area contributed by atoms with Crippen LogP contribution in [0, 0.1) is 34.6 Å². The van der Waals surface area contributed by atoms with Crippen molar-refractivity contribution in [2.75, 3.05) is 0 Å². The van der Waals surface area contributed by atoms with E-state index in [9.17, 15) is 0 Å². The lowest BCUT2D eigenvalue weighted by Gasteiger charge is -2.13. The van der Waals surface area contributed by atoms with Crippen LogP contribution in [0.5, 0.6) is 0 Å².